The van der Waals surface area contributed by atoms with Gasteiger partial charge in [0.1, 0.15) is 6.04 Å². The van der Waals surface area contributed by atoms with Gasteiger partial charge in [-0.1, -0.05) is 44.9 Å². The van der Waals surface area contributed by atoms with Crippen LogP contribution in [0.5, 0.6) is 0 Å². The number of esters is 1. The van der Waals surface area contributed by atoms with Crippen molar-refractivity contribution in [2.75, 3.05) is 12.4 Å². The first kappa shape index (κ1) is 19.2. The number of ether oxygens (including phenoxy) is 1. The largest absolute Gasteiger partial charge is 0.468 e. The van der Waals surface area contributed by atoms with Crippen LogP contribution in [-0.4, -0.2) is 31.1 Å². The SMILES string of the molecule is CCC[C@H](N[C@H](C(=O)OC)C(C)C)C(=O)Nc1ccc(C)cc1. The molecule has 0 spiro atoms. The zero-order valence-corrected chi connectivity index (χ0v) is 14.7. The summed E-state index contributed by atoms with van der Waals surface area (Å²) in [6.07, 6.45) is 1.49. The molecule has 2 atom stereocenters. The van der Waals surface area contributed by atoms with Crippen molar-refractivity contribution in [2.45, 2.75) is 52.6 Å². The van der Waals surface area contributed by atoms with Gasteiger partial charge in [-0.15, -0.1) is 0 Å². The zero-order chi connectivity index (χ0) is 17.4. The van der Waals surface area contributed by atoms with Crippen molar-refractivity contribution in [3.63, 3.8) is 0 Å². The highest BCUT2D eigenvalue weighted by Crippen LogP contribution is 2.12. The van der Waals surface area contributed by atoms with Gasteiger partial charge >= 0.3 is 5.97 Å². The number of aryl methyl sites for hydroxylation is 1. The average molecular weight is 320 g/mol. The minimum absolute atomic E-state index is 0.0361. The van der Waals surface area contributed by atoms with Crippen molar-refractivity contribution in [3.05, 3.63) is 29.8 Å². The lowest BCUT2D eigenvalue weighted by molar-refractivity contribution is -0.144. The summed E-state index contributed by atoms with van der Waals surface area (Å²) in [5.41, 5.74) is 1.89. The van der Waals surface area contributed by atoms with Crippen LogP contribution >= 0.6 is 0 Å². The molecular weight excluding hydrogens is 292 g/mol. The second-order valence-corrected chi connectivity index (χ2v) is 6.11. The highest BCUT2D eigenvalue weighted by Gasteiger charge is 2.28. The Hall–Kier alpha value is -1.88. The van der Waals surface area contributed by atoms with Crippen molar-refractivity contribution < 1.29 is 14.3 Å². The standard InChI is InChI=1S/C18H28N2O3/c1-6-7-15(20-16(12(2)3)18(22)23-5)17(21)19-14-10-8-13(4)9-11-14/h8-12,15-16,20H,6-7H2,1-5H3,(H,19,21)/t15-,16-/m0/s1. The van der Waals surface area contributed by atoms with E-state index in [4.69, 9.17) is 4.74 Å². The Labute approximate surface area is 138 Å². The molecule has 5 heteroatoms. The van der Waals surface area contributed by atoms with E-state index in [0.717, 1.165) is 17.7 Å². The zero-order valence-electron chi connectivity index (χ0n) is 14.7. The molecule has 0 unspecified atom stereocenters. The predicted octanol–water partition coefficient (Wildman–Crippen LogP) is 2.89. The van der Waals surface area contributed by atoms with Crippen LogP contribution in [0.3, 0.4) is 0 Å². The quantitative estimate of drug-likeness (QED) is 0.723. The predicted molar refractivity (Wildman–Crippen MR) is 92.3 cm³/mol. The number of carbonyl (C=O) groups excluding carboxylic acids is 2. The number of nitrogens with one attached hydrogen (secondary N) is 2. The molecule has 1 rings (SSSR count). The Balaban J connectivity index is 2.80. The summed E-state index contributed by atoms with van der Waals surface area (Å²) < 4.78 is 4.83. The smallest absolute Gasteiger partial charge is 0.323 e. The average Bonchev–Trinajstić information content (AvgIpc) is 2.52. The molecule has 0 aliphatic rings. The van der Waals surface area contributed by atoms with Crippen LogP contribution in [0.4, 0.5) is 5.69 Å². The fraction of sp³-hybridized carbons (Fsp3) is 0.556. The van der Waals surface area contributed by atoms with Gasteiger partial charge in [-0.25, -0.2) is 0 Å². The minimum atomic E-state index is -0.500. The van der Waals surface area contributed by atoms with Crippen LogP contribution in [0.15, 0.2) is 24.3 Å². The van der Waals surface area contributed by atoms with Crippen molar-refractivity contribution in [3.8, 4) is 0 Å². The van der Waals surface area contributed by atoms with Crippen molar-refractivity contribution in [1.29, 1.82) is 0 Å². The molecule has 0 aromatic heterocycles. The van der Waals surface area contributed by atoms with Crippen LogP contribution in [-0.2, 0) is 14.3 Å². The number of anilines is 1. The summed E-state index contributed by atoms with van der Waals surface area (Å²) in [6, 6.07) is 6.70. The molecule has 0 aliphatic carbocycles. The van der Waals surface area contributed by atoms with Gasteiger partial charge in [-0.3, -0.25) is 14.9 Å². The second kappa shape index (κ2) is 9.30. The van der Waals surface area contributed by atoms with Crippen molar-refractivity contribution in [1.82, 2.24) is 5.32 Å². The first-order chi connectivity index (χ1) is 10.9. The lowest BCUT2D eigenvalue weighted by Gasteiger charge is -2.26. The number of hydrogen-bond donors (Lipinski definition) is 2. The maximum Gasteiger partial charge on any atom is 0.323 e. The van der Waals surface area contributed by atoms with E-state index in [1.807, 2.05) is 52.0 Å². The lowest BCUT2D eigenvalue weighted by Crippen LogP contribution is -2.51. The van der Waals surface area contributed by atoms with Crippen LogP contribution in [0.25, 0.3) is 0 Å². The lowest BCUT2D eigenvalue weighted by atomic mass is 10.0. The second-order valence-electron chi connectivity index (χ2n) is 6.11. The highest BCUT2D eigenvalue weighted by molar-refractivity contribution is 5.95. The number of amides is 1. The van der Waals surface area contributed by atoms with Crippen LogP contribution in [0.2, 0.25) is 0 Å². The Morgan fingerprint density at radius 2 is 1.78 bits per heavy atom. The van der Waals surface area contributed by atoms with Gasteiger partial charge in [0.2, 0.25) is 5.91 Å². The third kappa shape index (κ3) is 6.02. The number of methoxy groups -OCH3 is 1. The van der Waals surface area contributed by atoms with E-state index in [-0.39, 0.29) is 17.8 Å². The topological polar surface area (TPSA) is 67.4 Å². The number of rotatable bonds is 8. The molecule has 0 heterocycles. The van der Waals surface area contributed by atoms with Crippen LogP contribution in [0.1, 0.15) is 39.2 Å². The molecule has 0 radical (unpaired) electrons. The molecule has 1 amide bonds. The summed E-state index contributed by atoms with van der Waals surface area (Å²) in [6.45, 7) is 7.86. The molecule has 0 saturated heterocycles. The maximum atomic E-state index is 12.5. The Bertz CT molecular complexity index is 512. The van der Waals surface area contributed by atoms with Gasteiger partial charge < -0.3 is 10.1 Å². The fourth-order valence-corrected chi connectivity index (χ4v) is 2.32. The fourth-order valence-electron chi connectivity index (χ4n) is 2.32. The summed E-state index contributed by atoms with van der Waals surface area (Å²) in [5, 5.41) is 6.05. The van der Waals surface area contributed by atoms with E-state index in [1.165, 1.54) is 7.11 Å². The molecule has 1 aromatic rings. The van der Waals surface area contributed by atoms with Crippen LogP contribution < -0.4 is 10.6 Å². The van der Waals surface area contributed by atoms with E-state index in [2.05, 4.69) is 10.6 Å². The first-order valence-corrected chi connectivity index (χ1v) is 8.10. The summed E-state index contributed by atoms with van der Waals surface area (Å²) in [7, 11) is 1.36. The molecular formula is C18H28N2O3. The number of benzene rings is 1. The summed E-state index contributed by atoms with van der Waals surface area (Å²) in [5.74, 6) is -0.441. The summed E-state index contributed by atoms with van der Waals surface area (Å²) in [4.78, 5) is 24.4. The Kier molecular flexibility index (Phi) is 7.75. The molecule has 0 saturated carbocycles. The molecule has 1 aromatic carbocycles. The highest BCUT2D eigenvalue weighted by atomic mass is 16.5. The van der Waals surface area contributed by atoms with Gasteiger partial charge in [-0.2, -0.15) is 0 Å². The molecule has 2 N–H and O–H groups in total. The first-order valence-electron chi connectivity index (χ1n) is 8.10. The van der Waals surface area contributed by atoms with Gasteiger partial charge in [0.25, 0.3) is 0 Å². The van der Waals surface area contributed by atoms with E-state index in [0.29, 0.717) is 6.42 Å². The molecule has 5 nitrogen and oxygen atoms in total. The normalized spacial score (nSPS) is 13.5. The Morgan fingerprint density at radius 3 is 2.26 bits per heavy atom. The molecule has 23 heavy (non-hydrogen) atoms. The maximum absolute atomic E-state index is 12.5. The monoisotopic (exact) mass is 320 g/mol. The van der Waals surface area contributed by atoms with Crippen molar-refractivity contribution in [2.24, 2.45) is 5.92 Å². The minimum Gasteiger partial charge on any atom is -0.468 e. The van der Waals surface area contributed by atoms with E-state index in [1.54, 1.807) is 0 Å². The van der Waals surface area contributed by atoms with Gasteiger partial charge in [0.15, 0.2) is 0 Å². The third-order valence-electron chi connectivity index (χ3n) is 3.72. The van der Waals surface area contributed by atoms with E-state index < -0.39 is 12.1 Å². The molecule has 0 aliphatic heterocycles. The summed E-state index contributed by atoms with van der Waals surface area (Å²) >= 11 is 0. The van der Waals surface area contributed by atoms with Crippen molar-refractivity contribution >= 4 is 17.6 Å². The van der Waals surface area contributed by atoms with Gasteiger partial charge in [-0.05, 0) is 31.4 Å². The van der Waals surface area contributed by atoms with Gasteiger partial charge in [0.05, 0.1) is 13.2 Å². The van der Waals surface area contributed by atoms with Crippen LogP contribution in [0, 0.1) is 12.8 Å². The van der Waals surface area contributed by atoms with E-state index in [9.17, 15) is 9.59 Å². The molecule has 0 fully saturated rings. The van der Waals surface area contributed by atoms with E-state index >= 15 is 0 Å². The molecule has 0 bridgehead atoms. The molecule has 128 valence electrons. The third-order valence-corrected chi connectivity index (χ3v) is 3.72. The Morgan fingerprint density at radius 1 is 1.17 bits per heavy atom. The van der Waals surface area contributed by atoms with Gasteiger partial charge in [0, 0.05) is 5.69 Å². The number of carbonyl (C=O) groups is 2. The number of hydrogen-bond acceptors (Lipinski definition) is 4.